The Morgan fingerprint density at radius 3 is 2.68 bits per heavy atom. The minimum atomic E-state index is -0.257. The van der Waals surface area contributed by atoms with E-state index in [1.807, 2.05) is 11.8 Å². The van der Waals surface area contributed by atoms with Gasteiger partial charge in [0.2, 0.25) is 0 Å². The molecule has 8 rings (SSSR count). The zero-order valence-corrected chi connectivity index (χ0v) is 16.1. The average molecular weight is 347 g/mol. The molecule has 0 aromatic rings. The third-order valence-corrected chi connectivity index (χ3v) is 9.02. The first-order chi connectivity index (χ1) is 11.7. The van der Waals surface area contributed by atoms with E-state index in [1.54, 1.807) is 0 Å². The Kier molecular flexibility index (Phi) is 3.07. The molecule has 4 atom stereocenters. The highest BCUT2D eigenvalue weighted by atomic mass is 16.7. The number of nitrogens with zero attached hydrogens (tertiary/aromatic N) is 1. The highest BCUT2D eigenvalue weighted by Crippen LogP contribution is 2.91. The van der Waals surface area contributed by atoms with Crippen LogP contribution in [0, 0.1) is 16.2 Å². The van der Waals surface area contributed by atoms with E-state index in [0.717, 1.165) is 32.2 Å². The summed E-state index contributed by atoms with van der Waals surface area (Å²) >= 11 is 0. The zero-order chi connectivity index (χ0) is 17.8. The third-order valence-electron chi connectivity index (χ3n) is 9.02. The summed E-state index contributed by atoms with van der Waals surface area (Å²) in [5.41, 5.74) is 5.03. The van der Waals surface area contributed by atoms with Crippen molar-refractivity contribution in [3.05, 3.63) is 0 Å². The van der Waals surface area contributed by atoms with Gasteiger partial charge in [-0.3, -0.25) is 4.79 Å². The topological polar surface area (TPSA) is 66.4 Å². The van der Waals surface area contributed by atoms with Crippen molar-refractivity contribution in [3.63, 3.8) is 0 Å². The van der Waals surface area contributed by atoms with Gasteiger partial charge in [-0.1, -0.05) is 20.8 Å². The summed E-state index contributed by atoms with van der Waals surface area (Å²) in [6.45, 7) is 9.96. The molecule has 3 N–H and O–H groups in total. The predicted octanol–water partition coefficient (Wildman–Crippen LogP) is 1.41. The van der Waals surface area contributed by atoms with Crippen molar-refractivity contribution in [2.45, 2.75) is 89.9 Å². The van der Waals surface area contributed by atoms with Crippen LogP contribution in [0.4, 0.5) is 0 Å². The Morgan fingerprint density at radius 1 is 1.32 bits per heavy atom. The van der Waals surface area contributed by atoms with Gasteiger partial charge in [-0.05, 0) is 49.9 Å². The van der Waals surface area contributed by atoms with Gasteiger partial charge in [-0.15, -0.1) is 0 Å². The van der Waals surface area contributed by atoms with Gasteiger partial charge in [0.25, 0.3) is 5.91 Å². The first-order valence-electron chi connectivity index (χ1n) is 10.2. The molecule has 5 nitrogen and oxygen atoms in total. The van der Waals surface area contributed by atoms with Gasteiger partial charge >= 0.3 is 7.12 Å². The van der Waals surface area contributed by atoms with Crippen LogP contribution in [0.15, 0.2) is 0 Å². The predicted molar refractivity (Wildman–Crippen MR) is 94.3 cm³/mol. The molecule has 8 fully saturated rings. The van der Waals surface area contributed by atoms with Crippen LogP contribution in [0.1, 0.15) is 66.2 Å². The normalized spacial score (nSPS) is 50.1. The zero-order valence-electron chi connectivity index (χ0n) is 16.1. The molecule has 6 heteroatoms. The van der Waals surface area contributed by atoms with Crippen molar-refractivity contribution in [3.8, 4) is 0 Å². The second-order valence-electron chi connectivity index (χ2n) is 10.3. The third kappa shape index (κ3) is 1.66. The molecule has 6 saturated carbocycles. The van der Waals surface area contributed by atoms with Gasteiger partial charge < -0.3 is 19.9 Å². The Labute approximate surface area is 151 Å². The van der Waals surface area contributed by atoms with Crippen LogP contribution in [0.5, 0.6) is 0 Å². The van der Waals surface area contributed by atoms with Crippen molar-refractivity contribution >= 4 is 13.0 Å². The summed E-state index contributed by atoms with van der Waals surface area (Å²) in [5.74, 6) is 0.236. The van der Waals surface area contributed by atoms with Crippen LogP contribution in [0.3, 0.4) is 0 Å². The molecule has 3 unspecified atom stereocenters. The summed E-state index contributed by atoms with van der Waals surface area (Å²) in [4.78, 5) is 14.7. The molecule has 0 aromatic heterocycles. The van der Waals surface area contributed by atoms with Gasteiger partial charge in [0.05, 0.1) is 17.6 Å². The van der Waals surface area contributed by atoms with E-state index in [0.29, 0.717) is 16.2 Å². The molecule has 0 aromatic carbocycles. The van der Waals surface area contributed by atoms with E-state index in [2.05, 4.69) is 26.5 Å². The van der Waals surface area contributed by atoms with Gasteiger partial charge in [0, 0.05) is 18.4 Å². The molecule has 0 radical (unpaired) electrons. The standard InChI is InChI=1S/C19H31BN2O3/c1-5-12(21)14(23)22-8-6-7-13(22)20-24-15-17(4,25-20)9-18-10-19(15,11-18)16(18,2)3/h12-13,15H,5-11,21H2,1-4H3/p+1/t12?,13?,15?,17-,18?,19?/m0/s1. The fraction of sp³-hybridized carbons (Fsp3) is 0.947. The lowest BCUT2D eigenvalue weighted by molar-refractivity contribution is -0.422. The Balaban J connectivity index is 1.38. The van der Waals surface area contributed by atoms with Gasteiger partial charge in [0.1, 0.15) is 0 Å². The van der Waals surface area contributed by atoms with Crippen molar-refractivity contribution in [1.82, 2.24) is 4.90 Å². The monoisotopic (exact) mass is 347 g/mol. The van der Waals surface area contributed by atoms with Crippen LogP contribution < -0.4 is 5.73 Å². The maximum absolute atomic E-state index is 12.7. The Bertz CT molecular complexity index is 632. The number of amides is 1. The number of quaternary nitrogens is 1. The van der Waals surface area contributed by atoms with Crippen LogP contribution in [-0.2, 0) is 14.1 Å². The first-order valence-corrected chi connectivity index (χ1v) is 10.2. The molecule has 0 spiro atoms. The number of likely N-dealkylation sites (tertiary alicyclic amines) is 1. The number of hydrogen-bond donors (Lipinski definition) is 1. The van der Waals surface area contributed by atoms with E-state index in [1.165, 1.54) is 12.8 Å². The summed E-state index contributed by atoms with van der Waals surface area (Å²) in [5, 5.41) is 0. The molecule has 2 bridgehead atoms. The van der Waals surface area contributed by atoms with Crippen LogP contribution in [-0.4, -0.2) is 48.2 Å². The highest BCUT2D eigenvalue weighted by Gasteiger charge is 2.89. The second kappa shape index (κ2) is 4.63. The van der Waals surface area contributed by atoms with E-state index in [9.17, 15) is 4.79 Å². The van der Waals surface area contributed by atoms with E-state index in [-0.39, 0.29) is 36.7 Å². The van der Waals surface area contributed by atoms with E-state index < -0.39 is 0 Å². The molecule has 138 valence electrons. The number of hydrogen-bond acceptors (Lipinski definition) is 3. The lowest BCUT2D eigenvalue weighted by Gasteiger charge is -2.89. The SMILES string of the molecule is CCC([NH3+])C(=O)N1CCCC1B1OC2C34CC(C3)(C[C@]2(C)O1)C4(C)C. The Hall–Kier alpha value is -0.585. The van der Waals surface area contributed by atoms with E-state index >= 15 is 0 Å². The molecule has 1 amide bonds. The summed E-state index contributed by atoms with van der Waals surface area (Å²) in [6, 6.07) is -0.156. The smallest absolute Gasteiger partial charge is 0.403 e. The number of carbonyl (C=O) groups is 1. The molecule has 2 aliphatic heterocycles. The van der Waals surface area contributed by atoms with Crippen molar-refractivity contribution < 1.29 is 19.8 Å². The minimum absolute atomic E-state index is 0.0668. The van der Waals surface area contributed by atoms with Crippen molar-refractivity contribution in [1.29, 1.82) is 0 Å². The maximum Gasteiger partial charge on any atom is 0.481 e. The van der Waals surface area contributed by atoms with Crippen LogP contribution >= 0.6 is 0 Å². The molecule has 6 aliphatic carbocycles. The maximum atomic E-state index is 12.7. The molecule has 8 aliphatic rings. The van der Waals surface area contributed by atoms with Crippen LogP contribution in [0.25, 0.3) is 0 Å². The van der Waals surface area contributed by atoms with Crippen molar-refractivity contribution in [2.75, 3.05) is 6.54 Å². The summed E-state index contributed by atoms with van der Waals surface area (Å²) in [6.07, 6.45) is 6.74. The van der Waals surface area contributed by atoms with Gasteiger partial charge in [0.15, 0.2) is 6.04 Å². The largest absolute Gasteiger partial charge is 0.481 e. The second-order valence-corrected chi connectivity index (χ2v) is 10.3. The fourth-order valence-corrected chi connectivity index (χ4v) is 7.29. The van der Waals surface area contributed by atoms with Gasteiger partial charge in [-0.2, -0.15) is 0 Å². The molecule has 25 heavy (non-hydrogen) atoms. The fourth-order valence-electron chi connectivity index (χ4n) is 7.29. The number of carbonyl (C=O) groups excluding carboxylic acids is 1. The lowest BCUT2D eigenvalue weighted by Crippen LogP contribution is -2.86. The first kappa shape index (κ1) is 16.6. The molecule has 2 saturated heterocycles. The quantitative estimate of drug-likeness (QED) is 0.785. The van der Waals surface area contributed by atoms with Crippen molar-refractivity contribution in [2.24, 2.45) is 16.2 Å². The summed E-state index contributed by atoms with van der Waals surface area (Å²) < 4.78 is 13.2. The summed E-state index contributed by atoms with van der Waals surface area (Å²) in [7, 11) is -0.257. The van der Waals surface area contributed by atoms with E-state index in [4.69, 9.17) is 9.31 Å². The number of rotatable bonds is 3. The minimum Gasteiger partial charge on any atom is -0.403 e. The molecular weight excluding hydrogens is 315 g/mol. The van der Waals surface area contributed by atoms with Crippen LogP contribution in [0.2, 0.25) is 0 Å². The molecule has 2 heterocycles. The highest BCUT2D eigenvalue weighted by molar-refractivity contribution is 6.48. The average Bonchev–Trinajstić information content (AvgIpc) is 3.15. The lowest BCUT2D eigenvalue weighted by atomic mass is 9.16. The molecular formula is C19H32BN2O3+. The van der Waals surface area contributed by atoms with Gasteiger partial charge in [-0.25, -0.2) is 0 Å². The Morgan fingerprint density at radius 2 is 2.04 bits per heavy atom.